The summed E-state index contributed by atoms with van der Waals surface area (Å²) in [6, 6.07) is 13.8. The van der Waals surface area contributed by atoms with Crippen LogP contribution in [0.1, 0.15) is 24.9 Å². The van der Waals surface area contributed by atoms with Gasteiger partial charge in [0.05, 0.1) is 13.0 Å². The van der Waals surface area contributed by atoms with Crippen LogP contribution in [0.3, 0.4) is 0 Å². The molecule has 0 saturated carbocycles. The van der Waals surface area contributed by atoms with Crippen LogP contribution in [0.5, 0.6) is 0 Å². The summed E-state index contributed by atoms with van der Waals surface area (Å²) in [5, 5.41) is 2.30. The quantitative estimate of drug-likeness (QED) is 0.875. The van der Waals surface area contributed by atoms with Crippen molar-refractivity contribution in [2.75, 3.05) is 6.61 Å². The van der Waals surface area contributed by atoms with E-state index in [4.69, 9.17) is 10.5 Å². The van der Waals surface area contributed by atoms with E-state index in [2.05, 4.69) is 6.07 Å². The summed E-state index contributed by atoms with van der Waals surface area (Å²) >= 11 is 0. The van der Waals surface area contributed by atoms with Crippen LogP contribution in [0, 0.1) is 0 Å². The van der Waals surface area contributed by atoms with Gasteiger partial charge in [-0.25, -0.2) is 0 Å². The Bertz CT molecular complexity index is 557. The van der Waals surface area contributed by atoms with Crippen molar-refractivity contribution in [3.8, 4) is 0 Å². The van der Waals surface area contributed by atoms with Gasteiger partial charge < -0.3 is 10.5 Å². The number of fused-ring (bicyclic) bond motifs is 1. The molecule has 0 radical (unpaired) electrons. The number of halogens is 1. The molecule has 3 nitrogen and oxygen atoms in total. The molecule has 1 atom stereocenters. The van der Waals surface area contributed by atoms with Crippen LogP contribution in [0.4, 0.5) is 0 Å². The van der Waals surface area contributed by atoms with Crippen LogP contribution < -0.4 is 5.73 Å². The zero-order chi connectivity index (χ0) is 13.0. The highest BCUT2D eigenvalue weighted by Gasteiger charge is 2.12. The minimum Gasteiger partial charge on any atom is -0.466 e. The van der Waals surface area contributed by atoms with Gasteiger partial charge in [-0.15, -0.1) is 12.4 Å². The maximum Gasteiger partial charge on any atom is 0.307 e. The minimum absolute atomic E-state index is 0. The van der Waals surface area contributed by atoms with Crippen LogP contribution >= 0.6 is 12.4 Å². The average Bonchev–Trinajstić information content (AvgIpc) is 2.38. The van der Waals surface area contributed by atoms with Crippen molar-refractivity contribution in [3.05, 3.63) is 48.0 Å². The Kier molecular flexibility index (Phi) is 5.80. The van der Waals surface area contributed by atoms with E-state index >= 15 is 0 Å². The molecule has 0 aliphatic heterocycles. The lowest BCUT2D eigenvalue weighted by atomic mass is 10.0. The molecule has 0 aliphatic carbocycles. The predicted molar refractivity (Wildman–Crippen MR) is 79.4 cm³/mol. The zero-order valence-electron chi connectivity index (χ0n) is 10.8. The highest BCUT2D eigenvalue weighted by Crippen LogP contribution is 2.21. The fraction of sp³-hybridized carbons (Fsp3) is 0.267. The number of ether oxygens (including phenoxy) is 1. The molecule has 2 N–H and O–H groups in total. The number of carbonyl (C=O) groups is 1. The lowest BCUT2D eigenvalue weighted by molar-refractivity contribution is -0.143. The van der Waals surface area contributed by atoms with E-state index in [1.807, 2.05) is 36.4 Å². The summed E-state index contributed by atoms with van der Waals surface area (Å²) in [5.41, 5.74) is 6.98. The summed E-state index contributed by atoms with van der Waals surface area (Å²) in [6.45, 7) is 2.18. The van der Waals surface area contributed by atoms with Gasteiger partial charge in [0.2, 0.25) is 0 Å². The molecule has 19 heavy (non-hydrogen) atoms. The maximum atomic E-state index is 11.4. The summed E-state index contributed by atoms with van der Waals surface area (Å²) in [4.78, 5) is 11.4. The van der Waals surface area contributed by atoms with Crippen molar-refractivity contribution in [2.24, 2.45) is 5.73 Å². The Morgan fingerprint density at radius 2 is 1.89 bits per heavy atom. The van der Waals surface area contributed by atoms with E-state index in [0.29, 0.717) is 6.61 Å². The molecule has 2 aromatic rings. The molecule has 0 spiro atoms. The number of esters is 1. The molecular weight excluding hydrogens is 262 g/mol. The molecule has 0 aromatic heterocycles. The number of carbonyl (C=O) groups excluding carboxylic acids is 1. The smallest absolute Gasteiger partial charge is 0.307 e. The van der Waals surface area contributed by atoms with Gasteiger partial charge in [0.1, 0.15) is 0 Å². The second kappa shape index (κ2) is 7.12. The van der Waals surface area contributed by atoms with Crippen molar-refractivity contribution >= 4 is 29.1 Å². The van der Waals surface area contributed by atoms with Gasteiger partial charge in [0.15, 0.2) is 0 Å². The van der Waals surface area contributed by atoms with Crippen LogP contribution in [0.2, 0.25) is 0 Å². The second-order valence-electron chi connectivity index (χ2n) is 4.22. The largest absolute Gasteiger partial charge is 0.466 e. The Labute approximate surface area is 119 Å². The van der Waals surface area contributed by atoms with Gasteiger partial charge in [-0.1, -0.05) is 36.4 Å². The van der Waals surface area contributed by atoms with Gasteiger partial charge in [-0.2, -0.15) is 0 Å². The van der Waals surface area contributed by atoms with E-state index in [-0.39, 0.29) is 30.8 Å². The summed E-state index contributed by atoms with van der Waals surface area (Å²) in [7, 11) is 0. The number of benzene rings is 2. The summed E-state index contributed by atoms with van der Waals surface area (Å²) in [5.74, 6) is -0.252. The lowest BCUT2D eigenvalue weighted by Crippen LogP contribution is -2.17. The zero-order valence-corrected chi connectivity index (χ0v) is 11.7. The van der Waals surface area contributed by atoms with E-state index in [1.165, 1.54) is 5.39 Å². The van der Waals surface area contributed by atoms with Crippen LogP contribution in [-0.4, -0.2) is 12.6 Å². The molecule has 0 heterocycles. The first-order chi connectivity index (χ1) is 8.70. The van der Waals surface area contributed by atoms with Gasteiger partial charge in [0.25, 0.3) is 0 Å². The van der Waals surface area contributed by atoms with Crippen molar-refractivity contribution in [1.82, 2.24) is 0 Å². The Morgan fingerprint density at radius 1 is 1.21 bits per heavy atom. The molecule has 102 valence electrons. The Morgan fingerprint density at radius 3 is 2.58 bits per heavy atom. The third-order valence-corrected chi connectivity index (χ3v) is 2.89. The summed E-state index contributed by atoms with van der Waals surface area (Å²) < 4.78 is 4.90. The fourth-order valence-corrected chi connectivity index (χ4v) is 1.96. The molecule has 2 aromatic carbocycles. The first kappa shape index (κ1) is 15.5. The highest BCUT2D eigenvalue weighted by molar-refractivity contribution is 5.85. The minimum atomic E-state index is -0.311. The first-order valence-electron chi connectivity index (χ1n) is 6.10. The van der Waals surface area contributed by atoms with E-state index in [9.17, 15) is 4.79 Å². The number of rotatable bonds is 4. The molecular formula is C15H18ClNO2. The fourth-order valence-electron chi connectivity index (χ4n) is 1.96. The van der Waals surface area contributed by atoms with Crippen molar-refractivity contribution in [1.29, 1.82) is 0 Å². The SMILES string of the molecule is CCOC(=O)C[C@@H](N)c1ccc2ccccc2c1.Cl. The number of hydrogen-bond acceptors (Lipinski definition) is 3. The average molecular weight is 280 g/mol. The second-order valence-corrected chi connectivity index (χ2v) is 4.22. The van der Waals surface area contributed by atoms with E-state index < -0.39 is 0 Å². The third-order valence-electron chi connectivity index (χ3n) is 2.89. The van der Waals surface area contributed by atoms with Crippen LogP contribution in [0.25, 0.3) is 10.8 Å². The molecule has 0 bridgehead atoms. The van der Waals surface area contributed by atoms with Crippen molar-refractivity contribution < 1.29 is 9.53 Å². The van der Waals surface area contributed by atoms with E-state index in [1.54, 1.807) is 6.92 Å². The van der Waals surface area contributed by atoms with Crippen molar-refractivity contribution in [2.45, 2.75) is 19.4 Å². The predicted octanol–water partition coefficient (Wildman–Crippen LogP) is 3.21. The maximum absolute atomic E-state index is 11.4. The van der Waals surface area contributed by atoms with Crippen LogP contribution in [-0.2, 0) is 9.53 Å². The Balaban J connectivity index is 0.00000180. The van der Waals surface area contributed by atoms with Gasteiger partial charge in [-0.3, -0.25) is 4.79 Å². The van der Waals surface area contributed by atoms with Crippen LogP contribution in [0.15, 0.2) is 42.5 Å². The molecule has 0 amide bonds. The van der Waals surface area contributed by atoms with Crippen molar-refractivity contribution in [3.63, 3.8) is 0 Å². The Hall–Kier alpha value is -1.58. The molecule has 0 saturated heterocycles. The standard InChI is InChI=1S/C15H17NO2.ClH/c1-2-18-15(17)10-14(16)13-8-7-11-5-3-4-6-12(11)9-13;/h3-9,14H,2,10,16H2,1H3;1H/t14-;/m1./s1. The molecule has 2 rings (SSSR count). The molecule has 0 aliphatic rings. The summed E-state index contributed by atoms with van der Waals surface area (Å²) in [6.07, 6.45) is 0.214. The highest BCUT2D eigenvalue weighted by atomic mass is 35.5. The number of hydrogen-bond donors (Lipinski definition) is 1. The lowest BCUT2D eigenvalue weighted by Gasteiger charge is -2.12. The molecule has 4 heteroatoms. The normalized spacial score (nSPS) is 11.7. The molecule has 0 unspecified atom stereocenters. The molecule has 0 fully saturated rings. The van der Waals surface area contributed by atoms with Gasteiger partial charge in [0, 0.05) is 6.04 Å². The van der Waals surface area contributed by atoms with Gasteiger partial charge >= 0.3 is 5.97 Å². The number of nitrogens with two attached hydrogens (primary N) is 1. The third kappa shape index (κ3) is 3.94. The van der Waals surface area contributed by atoms with Gasteiger partial charge in [-0.05, 0) is 29.3 Å². The topological polar surface area (TPSA) is 52.3 Å². The van der Waals surface area contributed by atoms with E-state index in [0.717, 1.165) is 10.9 Å². The monoisotopic (exact) mass is 279 g/mol. The first-order valence-corrected chi connectivity index (χ1v) is 6.10.